The molecule has 0 aromatic carbocycles. The second-order valence-corrected chi connectivity index (χ2v) is 3.79. The third-order valence-electron chi connectivity index (χ3n) is 2.46. The number of nitrogens with zero attached hydrogens (tertiary/aromatic N) is 3. The van der Waals surface area contributed by atoms with E-state index in [4.69, 9.17) is 9.63 Å². The van der Waals surface area contributed by atoms with Crippen LogP contribution in [0.4, 0.5) is 0 Å². The van der Waals surface area contributed by atoms with Crippen molar-refractivity contribution in [3.05, 3.63) is 11.7 Å². The second-order valence-electron chi connectivity index (χ2n) is 3.79. The maximum Gasteiger partial charge on any atom is 0.317 e. The first-order valence-electron chi connectivity index (χ1n) is 5.28. The Bertz CT molecular complexity index is 351. The Hall–Kier alpha value is -1.43. The highest BCUT2D eigenvalue weighted by molar-refractivity contribution is 5.69. The molecule has 0 saturated carbocycles. The van der Waals surface area contributed by atoms with Gasteiger partial charge in [-0.2, -0.15) is 4.98 Å². The molecule has 0 fully saturated rings. The van der Waals surface area contributed by atoms with E-state index in [0.717, 1.165) is 6.42 Å². The third kappa shape index (κ3) is 3.62. The van der Waals surface area contributed by atoms with Crippen molar-refractivity contribution < 1.29 is 14.4 Å². The molecule has 16 heavy (non-hydrogen) atoms. The molecule has 0 saturated heterocycles. The summed E-state index contributed by atoms with van der Waals surface area (Å²) in [6.45, 7) is 6.08. The zero-order valence-corrected chi connectivity index (χ0v) is 9.80. The topological polar surface area (TPSA) is 79.5 Å². The van der Waals surface area contributed by atoms with E-state index in [0.29, 0.717) is 18.3 Å². The third-order valence-corrected chi connectivity index (χ3v) is 2.46. The minimum absolute atomic E-state index is 0.0174. The molecule has 1 rings (SSSR count). The van der Waals surface area contributed by atoms with Gasteiger partial charge in [0.05, 0.1) is 13.1 Å². The van der Waals surface area contributed by atoms with Crippen LogP contribution >= 0.6 is 0 Å². The Morgan fingerprint density at radius 1 is 1.62 bits per heavy atom. The number of hydrogen-bond donors (Lipinski definition) is 1. The quantitative estimate of drug-likeness (QED) is 0.782. The summed E-state index contributed by atoms with van der Waals surface area (Å²) >= 11 is 0. The van der Waals surface area contributed by atoms with Crippen LogP contribution in [0.25, 0.3) is 0 Å². The van der Waals surface area contributed by atoms with Crippen LogP contribution in [-0.2, 0) is 11.3 Å². The predicted molar refractivity (Wildman–Crippen MR) is 56.8 cm³/mol. The summed E-state index contributed by atoms with van der Waals surface area (Å²) in [5.41, 5.74) is 0. The SMILES string of the molecule is CCC(C)N(CC(=O)O)Cc1nc(C)no1. The molecule has 0 amide bonds. The molecule has 0 aliphatic carbocycles. The fourth-order valence-electron chi connectivity index (χ4n) is 1.38. The molecule has 0 bridgehead atoms. The van der Waals surface area contributed by atoms with Crippen molar-refractivity contribution in [2.24, 2.45) is 0 Å². The minimum atomic E-state index is -0.850. The smallest absolute Gasteiger partial charge is 0.317 e. The van der Waals surface area contributed by atoms with Crippen LogP contribution in [0.1, 0.15) is 32.0 Å². The number of carbonyl (C=O) groups is 1. The van der Waals surface area contributed by atoms with E-state index < -0.39 is 5.97 Å². The summed E-state index contributed by atoms with van der Waals surface area (Å²) < 4.78 is 4.98. The maximum absolute atomic E-state index is 10.7. The Morgan fingerprint density at radius 2 is 2.31 bits per heavy atom. The van der Waals surface area contributed by atoms with Gasteiger partial charge >= 0.3 is 5.97 Å². The van der Waals surface area contributed by atoms with Crippen LogP contribution in [0.3, 0.4) is 0 Å². The summed E-state index contributed by atoms with van der Waals surface area (Å²) in [6.07, 6.45) is 0.875. The predicted octanol–water partition coefficient (Wildman–Crippen LogP) is 1.06. The van der Waals surface area contributed by atoms with E-state index in [1.165, 1.54) is 0 Å². The van der Waals surface area contributed by atoms with Gasteiger partial charge < -0.3 is 9.63 Å². The van der Waals surface area contributed by atoms with Gasteiger partial charge in [-0.3, -0.25) is 9.69 Å². The second kappa shape index (κ2) is 5.60. The average molecular weight is 227 g/mol. The largest absolute Gasteiger partial charge is 0.480 e. The fourth-order valence-corrected chi connectivity index (χ4v) is 1.38. The number of carboxylic acids is 1. The molecule has 0 aliphatic rings. The van der Waals surface area contributed by atoms with E-state index >= 15 is 0 Å². The lowest BCUT2D eigenvalue weighted by molar-refractivity contribution is -0.139. The lowest BCUT2D eigenvalue weighted by Gasteiger charge is -2.24. The number of rotatable bonds is 6. The molecule has 0 aliphatic heterocycles. The molecule has 1 atom stereocenters. The molecular weight excluding hydrogens is 210 g/mol. The van der Waals surface area contributed by atoms with E-state index in [1.54, 1.807) is 11.8 Å². The number of aryl methyl sites for hydroxylation is 1. The van der Waals surface area contributed by atoms with E-state index in [-0.39, 0.29) is 12.6 Å². The van der Waals surface area contributed by atoms with Crippen molar-refractivity contribution in [3.8, 4) is 0 Å². The first-order valence-corrected chi connectivity index (χ1v) is 5.28. The van der Waals surface area contributed by atoms with Gasteiger partial charge in [0.15, 0.2) is 5.82 Å². The summed E-state index contributed by atoms with van der Waals surface area (Å²) in [4.78, 5) is 16.6. The van der Waals surface area contributed by atoms with Crippen LogP contribution in [0, 0.1) is 6.92 Å². The molecule has 1 heterocycles. The van der Waals surface area contributed by atoms with E-state index in [1.807, 2.05) is 13.8 Å². The first kappa shape index (κ1) is 12.6. The van der Waals surface area contributed by atoms with Gasteiger partial charge in [-0.25, -0.2) is 0 Å². The lowest BCUT2D eigenvalue weighted by Crippen LogP contribution is -2.36. The Kier molecular flexibility index (Phi) is 4.42. The summed E-state index contributed by atoms with van der Waals surface area (Å²) in [6, 6.07) is 0.170. The number of aromatic nitrogens is 2. The van der Waals surface area contributed by atoms with Gasteiger partial charge in [-0.1, -0.05) is 12.1 Å². The highest BCUT2D eigenvalue weighted by atomic mass is 16.5. The molecular formula is C10H17N3O3. The minimum Gasteiger partial charge on any atom is -0.480 e. The van der Waals surface area contributed by atoms with Crippen LogP contribution in [-0.4, -0.2) is 38.7 Å². The van der Waals surface area contributed by atoms with Crippen molar-refractivity contribution in [3.63, 3.8) is 0 Å². The van der Waals surface area contributed by atoms with Crippen LogP contribution in [0.5, 0.6) is 0 Å². The number of hydrogen-bond acceptors (Lipinski definition) is 5. The molecule has 1 N–H and O–H groups in total. The molecule has 90 valence electrons. The molecule has 1 aromatic heterocycles. The maximum atomic E-state index is 10.7. The molecule has 0 radical (unpaired) electrons. The normalized spacial score (nSPS) is 13.0. The van der Waals surface area contributed by atoms with Crippen molar-refractivity contribution in [2.75, 3.05) is 6.54 Å². The zero-order valence-electron chi connectivity index (χ0n) is 9.80. The van der Waals surface area contributed by atoms with Crippen molar-refractivity contribution >= 4 is 5.97 Å². The van der Waals surface area contributed by atoms with Gasteiger partial charge in [-0.05, 0) is 20.3 Å². The molecule has 0 spiro atoms. The Morgan fingerprint density at radius 3 is 2.75 bits per heavy atom. The number of aliphatic carboxylic acids is 1. The van der Waals surface area contributed by atoms with Crippen molar-refractivity contribution in [1.82, 2.24) is 15.0 Å². The van der Waals surface area contributed by atoms with Crippen LogP contribution < -0.4 is 0 Å². The van der Waals surface area contributed by atoms with Gasteiger partial charge in [0.25, 0.3) is 0 Å². The molecule has 6 heteroatoms. The summed E-state index contributed by atoms with van der Waals surface area (Å²) in [7, 11) is 0. The highest BCUT2D eigenvalue weighted by Crippen LogP contribution is 2.08. The summed E-state index contributed by atoms with van der Waals surface area (Å²) in [5, 5.41) is 12.5. The lowest BCUT2D eigenvalue weighted by atomic mass is 10.2. The van der Waals surface area contributed by atoms with Crippen LogP contribution in [0.2, 0.25) is 0 Å². The monoisotopic (exact) mass is 227 g/mol. The highest BCUT2D eigenvalue weighted by Gasteiger charge is 2.18. The van der Waals surface area contributed by atoms with E-state index in [9.17, 15) is 4.79 Å². The van der Waals surface area contributed by atoms with Gasteiger partial charge in [0.2, 0.25) is 5.89 Å². The molecule has 1 unspecified atom stereocenters. The molecule has 1 aromatic rings. The van der Waals surface area contributed by atoms with Gasteiger partial charge in [-0.15, -0.1) is 0 Å². The molecule has 6 nitrogen and oxygen atoms in total. The Labute approximate surface area is 94.3 Å². The van der Waals surface area contributed by atoms with E-state index in [2.05, 4.69) is 10.1 Å². The van der Waals surface area contributed by atoms with Gasteiger partial charge in [0.1, 0.15) is 0 Å². The first-order chi connectivity index (χ1) is 7.52. The van der Waals surface area contributed by atoms with Gasteiger partial charge in [0, 0.05) is 6.04 Å². The summed E-state index contributed by atoms with van der Waals surface area (Å²) in [5.74, 6) is 0.171. The van der Waals surface area contributed by atoms with Crippen molar-refractivity contribution in [1.29, 1.82) is 0 Å². The van der Waals surface area contributed by atoms with Crippen LogP contribution in [0.15, 0.2) is 4.52 Å². The zero-order chi connectivity index (χ0) is 12.1. The average Bonchev–Trinajstić information content (AvgIpc) is 2.61. The fraction of sp³-hybridized carbons (Fsp3) is 0.700. The Balaban J connectivity index is 2.66. The standard InChI is InChI=1S/C10H17N3O3/c1-4-7(2)13(6-10(14)15)5-9-11-8(3)12-16-9/h7H,4-6H2,1-3H3,(H,14,15). The number of carboxylic acid groups (broad SMARTS) is 1. The van der Waals surface area contributed by atoms with Crippen molar-refractivity contribution in [2.45, 2.75) is 39.8 Å².